The molecule has 0 aliphatic heterocycles. The van der Waals surface area contributed by atoms with Crippen molar-refractivity contribution in [2.75, 3.05) is 7.11 Å². The van der Waals surface area contributed by atoms with Gasteiger partial charge in [0, 0.05) is 12.0 Å². The van der Waals surface area contributed by atoms with Crippen LogP contribution in [0, 0.1) is 0 Å². The molecular weight excluding hydrogens is 284 g/mol. The van der Waals surface area contributed by atoms with Crippen molar-refractivity contribution in [1.82, 2.24) is 0 Å². The highest BCUT2D eigenvalue weighted by molar-refractivity contribution is 5.96. The normalized spacial score (nSPS) is 10.7. The van der Waals surface area contributed by atoms with Crippen LogP contribution in [0.5, 0.6) is 5.75 Å². The second-order valence-corrected chi connectivity index (χ2v) is 6.44. The van der Waals surface area contributed by atoms with Crippen molar-refractivity contribution in [2.24, 2.45) is 0 Å². The van der Waals surface area contributed by atoms with Gasteiger partial charge in [-0.15, -0.1) is 0 Å². The summed E-state index contributed by atoms with van der Waals surface area (Å²) in [5.74, 6) is 1.06. The summed E-state index contributed by atoms with van der Waals surface area (Å²) in [6.07, 6.45) is 15.1. The molecule has 130 valence electrons. The van der Waals surface area contributed by atoms with E-state index in [1.165, 1.54) is 64.2 Å². The second-order valence-electron chi connectivity index (χ2n) is 6.44. The largest absolute Gasteiger partial charge is 0.497 e. The summed E-state index contributed by atoms with van der Waals surface area (Å²) < 4.78 is 5.11. The zero-order chi connectivity index (χ0) is 16.8. The Kier molecular flexibility index (Phi) is 11.3. The van der Waals surface area contributed by atoms with Gasteiger partial charge in [-0.25, -0.2) is 0 Å². The number of hydrogen-bond donors (Lipinski definition) is 0. The highest BCUT2D eigenvalue weighted by Gasteiger charge is 2.05. The molecule has 0 amide bonds. The lowest BCUT2D eigenvalue weighted by molar-refractivity contribution is 0.0979. The first-order valence-electron chi connectivity index (χ1n) is 9.45. The van der Waals surface area contributed by atoms with Crippen LogP contribution < -0.4 is 4.74 Å². The number of benzene rings is 1. The van der Waals surface area contributed by atoms with Gasteiger partial charge in [0.1, 0.15) is 5.75 Å². The van der Waals surface area contributed by atoms with Gasteiger partial charge >= 0.3 is 0 Å². The minimum absolute atomic E-state index is 0.253. The van der Waals surface area contributed by atoms with Crippen LogP contribution >= 0.6 is 0 Å². The zero-order valence-corrected chi connectivity index (χ0v) is 15.1. The molecule has 2 heteroatoms. The van der Waals surface area contributed by atoms with E-state index in [1.54, 1.807) is 7.11 Å². The van der Waals surface area contributed by atoms with Gasteiger partial charge in [-0.2, -0.15) is 0 Å². The lowest BCUT2D eigenvalue weighted by Gasteiger charge is -2.04. The van der Waals surface area contributed by atoms with E-state index < -0.39 is 0 Å². The zero-order valence-electron chi connectivity index (χ0n) is 15.1. The standard InChI is InChI=1S/C21H34O2/c1-3-4-5-6-7-8-9-10-11-12-13-14-21(22)19-15-17-20(23-2)18-16-19/h15-18H,3-14H2,1-2H3. The van der Waals surface area contributed by atoms with Crippen LogP contribution in [-0.4, -0.2) is 12.9 Å². The van der Waals surface area contributed by atoms with Crippen LogP contribution in [0.3, 0.4) is 0 Å². The Bertz CT molecular complexity index is 408. The first kappa shape index (κ1) is 19.7. The molecule has 0 saturated carbocycles. The molecule has 0 saturated heterocycles. The van der Waals surface area contributed by atoms with Gasteiger partial charge in [0.15, 0.2) is 5.78 Å². The molecule has 23 heavy (non-hydrogen) atoms. The molecule has 1 aromatic carbocycles. The Morgan fingerprint density at radius 1 is 0.783 bits per heavy atom. The quantitative estimate of drug-likeness (QED) is 0.286. The molecule has 0 atom stereocenters. The molecular formula is C21H34O2. The average molecular weight is 319 g/mol. The molecule has 1 aromatic rings. The van der Waals surface area contributed by atoms with Crippen molar-refractivity contribution in [1.29, 1.82) is 0 Å². The molecule has 0 aliphatic rings. The molecule has 0 aromatic heterocycles. The number of ketones is 1. The fourth-order valence-electron chi connectivity index (χ4n) is 2.87. The van der Waals surface area contributed by atoms with Crippen LogP contribution in [0.1, 0.15) is 94.3 Å². The van der Waals surface area contributed by atoms with Gasteiger partial charge in [-0.1, -0.05) is 71.1 Å². The van der Waals surface area contributed by atoms with Gasteiger partial charge in [-0.05, 0) is 30.7 Å². The van der Waals surface area contributed by atoms with E-state index in [-0.39, 0.29) is 5.78 Å². The predicted molar refractivity (Wildman–Crippen MR) is 98.4 cm³/mol. The summed E-state index contributed by atoms with van der Waals surface area (Å²) in [6.45, 7) is 2.26. The van der Waals surface area contributed by atoms with Crippen molar-refractivity contribution in [2.45, 2.75) is 84.0 Å². The van der Waals surface area contributed by atoms with Gasteiger partial charge in [0.25, 0.3) is 0 Å². The summed E-state index contributed by atoms with van der Waals surface area (Å²) in [5.41, 5.74) is 0.804. The van der Waals surface area contributed by atoms with Crippen molar-refractivity contribution in [3.63, 3.8) is 0 Å². The molecule has 0 aliphatic carbocycles. The van der Waals surface area contributed by atoms with Crippen LogP contribution in [0.2, 0.25) is 0 Å². The predicted octanol–water partition coefficient (Wildman–Crippen LogP) is 6.58. The Hall–Kier alpha value is -1.31. The van der Waals surface area contributed by atoms with Crippen molar-refractivity contribution in [3.8, 4) is 5.75 Å². The average Bonchev–Trinajstić information content (AvgIpc) is 2.59. The van der Waals surface area contributed by atoms with Crippen molar-refractivity contribution in [3.05, 3.63) is 29.8 Å². The Morgan fingerprint density at radius 2 is 1.26 bits per heavy atom. The van der Waals surface area contributed by atoms with Crippen LogP contribution in [0.4, 0.5) is 0 Å². The summed E-state index contributed by atoms with van der Waals surface area (Å²) in [6, 6.07) is 7.43. The maximum absolute atomic E-state index is 12.1. The monoisotopic (exact) mass is 318 g/mol. The number of hydrogen-bond acceptors (Lipinski definition) is 2. The fraction of sp³-hybridized carbons (Fsp3) is 0.667. The molecule has 0 unspecified atom stereocenters. The maximum Gasteiger partial charge on any atom is 0.162 e. The minimum atomic E-state index is 0.253. The van der Waals surface area contributed by atoms with Crippen LogP contribution in [-0.2, 0) is 0 Å². The Balaban J connectivity index is 1.97. The number of carbonyl (C=O) groups is 1. The van der Waals surface area contributed by atoms with Gasteiger partial charge in [0.2, 0.25) is 0 Å². The minimum Gasteiger partial charge on any atom is -0.497 e. The third kappa shape index (κ3) is 9.43. The first-order valence-corrected chi connectivity index (χ1v) is 9.45. The van der Waals surface area contributed by atoms with Crippen molar-refractivity contribution < 1.29 is 9.53 Å². The molecule has 0 spiro atoms. The number of Topliss-reactive ketones (excluding diaryl/α,β-unsaturated/α-hetero) is 1. The SMILES string of the molecule is CCCCCCCCCCCCCC(=O)c1ccc(OC)cc1. The Morgan fingerprint density at radius 3 is 1.74 bits per heavy atom. The number of unbranched alkanes of at least 4 members (excludes halogenated alkanes) is 10. The van der Waals surface area contributed by atoms with E-state index in [0.717, 1.165) is 17.7 Å². The third-order valence-electron chi connectivity index (χ3n) is 4.42. The molecule has 0 N–H and O–H groups in total. The smallest absolute Gasteiger partial charge is 0.162 e. The first-order chi connectivity index (χ1) is 11.3. The Labute approximate surface area is 142 Å². The molecule has 0 radical (unpaired) electrons. The van der Waals surface area contributed by atoms with E-state index in [4.69, 9.17) is 4.74 Å². The number of rotatable bonds is 14. The van der Waals surface area contributed by atoms with Gasteiger partial charge in [-0.3, -0.25) is 4.79 Å². The van der Waals surface area contributed by atoms with Crippen molar-refractivity contribution >= 4 is 5.78 Å². The number of carbonyl (C=O) groups excluding carboxylic acids is 1. The van der Waals surface area contributed by atoms with Gasteiger partial charge in [0.05, 0.1) is 7.11 Å². The molecule has 2 nitrogen and oxygen atoms in total. The van der Waals surface area contributed by atoms with E-state index in [0.29, 0.717) is 6.42 Å². The highest BCUT2D eigenvalue weighted by Crippen LogP contribution is 2.15. The van der Waals surface area contributed by atoms with Crippen LogP contribution in [0.15, 0.2) is 24.3 Å². The third-order valence-corrected chi connectivity index (χ3v) is 4.42. The lowest BCUT2D eigenvalue weighted by atomic mass is 10.0. The van der Waals surface area contributed by atoms with E-state index in [2.05, 4.69) is 6.92 Å². The molecule has 0 bridgehead atoms. The van der Waals surface area contributed by atoms with E-state index in [9.17, 15) is 4.79 Å². The van der Waals surface area contributed by atoms with Crippen LogP contribution in [0.25, 0.3) is 0 Å². The fourth-order valence-corrected chi connectivity index (χ4v) is 2.87. The summed E-state index contributed by atoms with van der Waals surface area (Å²) in [4.78, 5) is 12.1. The number of methoxy groups -OCH3 is 1. The van der Waals surface area contributed by atoms with Gasteiger partial charge < -0.3 is 4.74 Å². The van der Waals surface area contributed by atoms with E-state index >= 15 is 0 Å². The summed E-state index contributed by atoms with van der Waals surface area (Å²) >= 11 is 0. The summed E-state index contributed by atoms with van der Waals surface area (Å²) in [7, 11) is 1.64. The van der Waals surface area contributed by atoms with E-state index in [1.807, 2.05) is 24.3 Å². The molecule has 0 fully saturated rings. The topological polar surface area (TPSA) is 26.3 Å². The highest BCUT2D eigenvalue weighted by atomic mass is 16.5. The molecule has 1 rings (SSSR count). The summed E-state index contributed by atoms with van der Waals surface area (Å²) in [5, 5.41) is 0. The lowest BCUT2D eigenvalue weighted by Crippen LogP contribution is -1.98. The number of ether oxygens (including phenoxy) is 1. The second kappa shape index (κ2) is 13.2. The molecule has 0 heterocycles. The maximum atomic E-state index is 12.1.